The number of benzene rings is 3. The van der Waals surface area contributed by atoms with Crippen molar-refractivity contribution in [1.82, 2.24) is 4.98 Å². The number of aromatic amines is 1. The number of halogens is 4. The maximum atomic E-state index is 13.9. The number of aromatic nitrogens is 1. The molecule has 0 saturated heterocycles. The van der Waals surface area contributed by atoms with E-state index in [-0.39, 0.29) is 11.3 Å². The number of hydrogen-bond acceptors (Lipinski definition) is 2. The molecule has 4 rings (SSSR count). The minimum atomic E-state index is -4.64. The van der Waals surface area contributed by atoms with E-state index in [9.17, 15) is 27.2 Å². The molecule has 2 amide bonds. The molecule has 3 aromatic carbocycles. The van der Waals surface area contributed by atoms with Crippen LogP contribution in [-0.2, 0) is 17.4 Å². The van der Waals surface area contributed by atoms with Crippen LogP contribution in [0.3, 0.4) is 0 Å². The molecule has 4 aromatic rings. The Hall–Kier alpha value is -4.14. The summed E-state index contributed by atoms with van der Waals surface area (Å²) in [6, 6.07) is 15.7. The molecule has 0 aliphatic carbocycles. The van der Waals surface area contributed by atoms with Gasteiger partial charge in [-0.3, -0.25) is 9.59 Å². The molecule has 168 valence electrons. The molecule has 33 heavy (non-hydrogen) atoms. The summed E-state index contributed by atoms with van der Waals surface area (Å²) >= 11 is 0. The minimum absolute atomic E-state index is 0.244. The topological polar surface area (TPSA) is 88.0 Å². The number of fused-ring (bicyclic) bond motifs is 1. The second-order valence-electron chi connectivity index (χ2n) is 7.39. The van der Waals surface area contributed by atoms with Crippen LogP contribution in [0, 0.1) is 5.82 Å². The molecule has 0 aliphatic rings. The smallest absolute Gasteiger partial charge is 0.364 e. The van der Waals surface area contributed by atoms with Crippen LogP contribution in [0.1, 0.15) is 21.6 Å². The quantitative estimate of drug-likeness (QED) is 0.358. The minimum Gasteiger partial charge on any atom is -0.364 e. The first-order valence-electron chi connectivity index (χ1n) is 9.80. The summed E-state index contributed by atoms with van der Waals surface area (Å²) in [4.78, 5) is 27.2. The third kappa shape index (κ3) is 4.57. The number of amides is 2. The van der Waals surface area contributed by atoms with Gasteiger partial charge in [-0.1, -0.05) is 30.3 Å². The highest BCUT2D eigenvalue weighted by atomic mass is 19.4. The average molecular weight is 455 g/mol. The molecule has 1 aromatic heterocycles. The zero-order valence-corrected chi connectivity index (χ0v) is 17.0. The van der Waals surface area contributed by atoms with Gasteiger partial charge in [0.25, 0.3) is 5.91 Å². The molecule has 0 bridgehead atoms. The van der Waals surface area contributed by atoms with Crippen LogP contribution in [0.4, 0.5) is 23.2 Å². The summed E-state index contributed by atoms with van der Waals surface area (Å²) < 4.78 is 52.5. The van der Waals surface area contributed by atoms with Crippen molar-refractivity contribution in [3.8, 4) is 11.1 Å². The molecular weight excluding hydrogens is 438 g/mol. The summed E-state index contributed by atoms with van der Waals surface area (Å²) in [7, 11) is 0. The number of nitrogens with two attached hydrogens (primary N) is 1. The third-order valence-electron chi connectivity index (χ3n) is 5.13. The van der Waals surface area contributed by atoms with Gasteiger partial charge in [0.1, 0.15) is 11.5 Å². The van der Waals surface area contributed by atoms with Crippen molar-refractivity contribution in [2.75, 3.05) is 5.32 Å². The molecule has 0 spiro atoms. The van der Waals surface area contributed by atoms with Gasteiger partial charge in [0.05, 0.1) is 12.0 Å². The lowest BCUT2D eigenvalue weighted by Gasteiger charge is -2.11. The molecule has 0 saturated carbocycles. The Morgan fingerprint density at radius 2 is 1.67 bits per heavy atom. The van der Waals surface area contributed by atoms with Gasteiger partial charge in [-0.15, -0.1) is 0 Å². The van der Waals surface area contributed by atoms with E-state index < -0.39 is 35.8 Å². The Labute approximate surface area is 185 Å². The standard InChI is InChI=1S/C24H17F4N3O2/c25-18-10-7-15(24(26,27)28)11-14(18)12-20(32)30-16-8-5-13(6-9-16)21-17-3-1-2-4-19(17)31-22(21)23(29)33/h1-11,31H,12H2,(H2,29,33)(H,30,32). The largest absolute Gasteiger partial charge is 0.416 e. The van der Waals surface area contributed by atoms with E-state index in [0.717, 1.165) is 10.9 Å². The van der Waals surface area contributed by atoms with Crippen LogP contribution >= 0.6 is 0 Å². The second kappa shape index (κ2) is 8.42. The van der Waals surface area contributed by atoms with Gasteiger partial charge < -0.3 is 16.0 Å². The van der Waals surface area contributed by atoms with Gasteiger partial charge in [0.15, 0.2) is 0 Å². The summed E-state index contributed by atoms with van der Waals surface area (Å²) in [5, 5.41) is 3.33. The Morgan fingerprint density at radius 1 is 0.970 bits per heavy atom. The van der Waals surface area contributed by atoms with E-state index in [4.69, 9.17) is 5.73 Å². The lowest BCUT2D eigenvalue weighted by molar-refractivity contribution is -0.137. The number of hydrogen-bond donors (Lipinski definition) is 3. The third-order valence-corrected chi connectivity index (χ3v) is 5.13. The van der Waals surface area contributed by atoms with Gasteiger partial charge in [0.2, 0.25) is 5.91 Å². The Bertz CT molecular complexity index is 1360. The first-order valence-corrected chi connectivity index (χ1v) is 9.80. The summed E-state index contributed by atoms with van der Waals surface area (Å²) in [5.41, 5.74) is 6.74. The highest BCUT2D eigenvalue weighted by molar-refractivity contribution is 6.09. The molecular formula is C24H17F4N3O2. The zero-order valence-electron chi connectivity index (χ0n) is 17.0. The fourth-order valence-corrected chi connectivity index (χ4v) is 3.61. The highest BCUT2D eigenvalue weighted by Gasteiger charge is 2.31. The first-order chi connectivity index (χ1) is 15.6. The monoisotopic (exact) mass is 455 g/mol. The van der Waals surface area contributed by atoms with E-state index in [0.29, 0.717) is 35.0 Å². The molecule has 5 nitrogen and oxygen atoms in total. The number of carbonyl (C=O) groups is 2. The predicted octanol–water partition coefficient (Wildman–Crippen LogP) is 5.27. The van der Waals surface area contributed by atoms with Crippen molar-refractivity contribution in [2.24, 2.45) is 5.73 Å². The van der Waals surface area contributed by atoms with E-state index in [1.54, 1.807) is 24.3 Å². The van der Waals surface area contributed by atoms with Crippen molar-refractivity contribution in [3.05, 3.63) is 89.4 Å². The molecule has 0 unspecified atom stereocenters. The maximum absolute atomic E-state index is 13.9. The van der Waals surface area contributed by atoms with Crippen LogP contribution in [0.2, 0.25) is 0 Å². The summed E-state index contributed by atoms with van der Waals surface area (Å²) in [5.74, 6) is -2.19. The highest BCUT2D eigenvalue weighted by Crippen LogP contribution is 2.33. The number of nitrogens with one attached hydrogen (secondary N) is 2. The van der Waals surface area contributed by atoms with Gasteiger partial charge in [-0.05, 0) is 47.5 Å². The van der Waals surface area contributed by atoms with Crippen LogP contribution in [0.25, 0.3) is 22.0 Å². The van der Waals surface area contributed by atoms with Crippen molar-refractivity contribution >= 4 is 28.4 Å². The van der Waals surface area contributed by atoms with Crippen LogP contribution < -0.4 is 11.1 Å². The lowest BCUT2D eigenvalue weighted by Crippen LogP contribution is -2.16. The summed E-state index contributed by atoms with van der Waals surface area (Å²) in [6.45, 7) is 0. The Morgan fingerprint density at radius 3 is 2.33 bits per heavy atom. The number of primary amides is 1. The van der Waals surface area contributed by atoms with E-state index >= 15 is 0 Å². The number of carbonyl (C=O) groups excluding carboxylic acids is 2. The van der Waals surface area contributed by atoms with Gasteiger partial charge in [-0.25, -0.2) is 4.39 Å². The van der Waals surface area contributed by atoms with E-state index in [2.05, 4.69) is 10.3 Å². The summed E-state index contributed by atoms with van der Waals surface area (Å²) in [6.07, 6.45) is -5.20. The van der Waals surface area contributed by atoms with Gasteiger partial charge >= 0.3 is 6.18 Å². The van der Waals surface area contributed by atoms with Crippen LogP contribution in [0.5, 0.6) is 0 Å². The van der Waals surface area contributed by atoms with Crippen molar-refractivity contribution in [3.63, 3.8) is 0 Å². The fourth-order valence-electron chi connectivity index (χ4n) is 3.61. The average Bonchev–Trinajstić information content (AvgIpc) is 3.15. The van der Waals surface area contributed by atoms with Gasteiger partial charge in [-0.2, -0.15) is 13.2 Å². The van der Waals surface area contributed by atoms with E-state index in [1.807, 2.05) is 24.3 Å². The van der Waals surface area contributed by atoms with Crippen molar-refractivity contribution < 1.29 is 27.2 Å². The van der Waals surface area contributed by atoms with E-state index in [1.165, 1.54) is 0 Å². The molecule has 1 heterocycles. The van der Waals surface area contributed by atoms with Gasteiger partial charge in [0, 0.05) is 22.2 Å². The predicted molar refractivity (Wildman–Crippen MR) is 116 cm³/mol. The second-order valence-corrected chi connectivity index (χ2v) is 7.39. The first kappa shape index (κ1) is 22.1. The fraction of sp³-hybridized carbons (Fsp3) is 0.0833. The molecule has 0 atom stereocenters. The molecule has 0 aliphatic heterocycles. The molecule has 9 heteroatoms. The molecule has 0 fully saturated rings. The van der Waals surface area contributed by atoms with Crippen LogP contribution in [0.15, 0.2) is 66.7 Å². The number of alkyl halides is 3. The number of anilines is 1. The molecule has 0 radical (unpaired) electrons. The Balaban J connectivity index is 1.55. The van der Waals surface area contributed by atoms with Crippen LogP contribution in [-0.4, -0.2) is 16.8 Å². The normalized spacial score (nSPS) is 11.5. The van der Waals surface area contributed by atoms with Crippen molar-refractivity contribution in [1.29, 1.82) is 0 Å². The number of H-pyrrole nitrogens is 1. The lowest BCUT2D eigenvalue weighted by atomic mass is 10.0. The van der Waals surface area contributed by atoms with Crippen molar-refractivity contribution in [2.45, 2.75) is 12.6 Å². The zero-order chi connectivity index (χ0) is 23.8. The number of para-hydroxylation sites is 1. The SMILES string of the molecule is NC(=O)c1[nH]c2ccccc2c1-c1ccc(NC(=O)Cc2cc(C(F)(F)F)ccc2F)cc1. The maximum Gasteiger partial charge on any atom is 0.416 e. The Kier molecular flexibility index (Phi) is 5.63. The number of rotatable bonds is 5. The molecule has 4 N–H and O–H groups in total.